The molecule has 0 heterocycles. The van der Waals surface area contributed by atoms with Crippen molar-refractivity contribution < 1.29 is 14.7 Å². The molecule has 5 nitrogen and oxygen atoms in total. The second kappa shape index (κ2) is 6.16. The van der Waals surface area contributed by atoms with Crippen LogP contribution in [0.15, 0.2) is 18.2 Å². The van der Waals surface area contributed by atoms with Gasteiger partial charge in [-0.15, -0.1) is 0 Å². The lowest BCUT2D eigenvalue weighted by atomic mass is 10.1. The van der Waals surface area contributed by atoms with E-state index in [1.807, 2.05) is 32.0 Å². The third kappa shape index (κ3) is 3.85. The lowest BCUT2D eigenvalue weighted by Gasteiger charge is -2.12. The molecule has 0 aromatic heterocycles. The molecule has 0 radical (unpaired) electrons. The quantitative estimate of drug-likeness (QED) is 0.736. The summed E-state index contributed by atoms with van der Waals surface area (Å²) in [6, 6.07) is 4.91. The van der Waals surface area contributed by atoms with E-state index >= 15 is 0 Å². The number of anilines is 1. The number of carbonyl (C=O) groups excluding carboxylic acids is 1. The van der Waals surface area contributed by atoms with Gasteiger partial charge in [-0.05, 0) is 38.0 Å². The van der Waals surface area contributed by atoms with Gasteiger partial charge in [0.2, 0.25) is 5.91 Å². The van der Waals surface area contributed by atoms with Crippen molar-refractivity contribution in [2.24, 2.45) is 0 Å². The van der Waals surface area contributed by atoms with Gasteiger partial charge in [-0.25, -0.2) is 0 Å². The topological polar surface area (TPSA) is 78.4 Å². The number of amides is 1. The summed E-state index contributed by atoms with van der Waals surface area (Å²) in [7, 11) is 0. The third-order valence-corrected chi connectivity index (χ3v) is 2.82. The van der Waals surface area contributed by atoms with Crippen LogP contribution in [0.4, 0.5) is 5.69 Å². The lowest BCUT2D eigenvalue weighted by molar-refractivity contribution is -0.139. The van der Waals surface area contributed by atoms with Crippen molar-refractivity contribution in [3.63, 3.8) is 0 Å². The molecule has 1 atom stereocenters. The highest BCUT2D eigenvalue weighted by molar-refractivity contribution is 5.93. The molecule has 0 aliphatic rings. The summed E-state index contributed by atoms with van der Waals surface area (Å²) in [6.07, 6.45) is 0. The second-order valence-corrected chi connectivity index (χ2v) is 4.24. The molecule has 0 bridgehead atoms. The van der Waals surface area contributed by atoms with Crippen LogP contribution in [0.5, 0.6) is 0 Å². The van der Waals surface area contributed by atoms with E-state index in [-0.39, 0.29) is 12.5 Å². The maximum Gasteiger partial charge on any atom is 0.320 e. The molecule has 18 heavy (non-hydrogen) atoms. The number of aliphatic carboxylic acids is 1. The molecule has 98 valence electrons. The first-order valence-electron chi connectivity index (χ1n) is 5.74. The minimum absolute atomic E-state index is 0.0269. The monoisotopic (exact) mass is 250 g/mol. The van der Waals surface area contributed by atoms with Crippen molar-refractivity contribution in [2.75, 3.05) is 11.9 Å². The summed E-state index contributed by atoms with van der Waals surface area (Å²) in [6.45, 7) is 5.36. The largest absolute Gasteiger partial charge is 0.480 e. The highest BCUT2D eigenvalue weighted by atomic mass is 16.4. The fourth-order valence-corrected chi connectivity index (χ4v) is 1.41. The number of carboxylic acid groups (broad SMARTS) is 1. The molecule has 0 aliphatic heterocycles. The summed E-state index contributed by atoms with van der Waals surface area (Å²) in [5.41, 5.74) is 2.86. The van der Waals surface area contributed by atoms with Crippen LogP contribution >= 0.6 is 0 Å². The SMILES string of the molecule is Cc1cccc(NC(=O)CNC(C)C(=O)O)c1C. The van der Waals surface area contributed by atoms with E-state index in [1.165, 1.54) is 6.92 Å². The highest BCUT2D eigenvalue weighted by Gasteiger charge is 2.12. The smallest absolute Gasteiger partial charge is 0.320 e. The van der Waals surface area contributed by atoms with Crippen LogP contribution in [0.2, 0.25) is 0 Å². The normalized spacial score (nSPS) is 11.9. The molecule has 3 N–H and O–H groups in total. The lowest BCUT2D eigenvalue weighted by Crippen LogP contribution is -2.39. The van der Waals surface area contributed by atoms with Gasteiger partial charge in [0.25, 0.3) is 0 Å². The summed E-state index contributed by atoms with van der Waals surface area (Å²) in [5.74, 6) is -1.23. The van der Waals surface area contributed by atoms with E-state index in [1.54, 1.807) is 0 Å². The van der Waals surface area contributed by atoms with Gasteiger partial charge < -0.3 is 10.4 Å². The van der Waals surface area contributed by atoms with Crippen LogP contribution in [0.3, 0.4) is 0 Å². The Bertz CT molecular complexity index is 458. The number of carboxylic acids is 1. The fourth-order valence-electron chi connectivity index (χ4n) is 1.41. The second-order valence-electron chi connectivity index (χ2n) is 4.24. The predicted octanol–water partition coefficient (Wildman–Crippen LogP) is 1.30. The van der Waals surface area contributed by atoms with Gasteiger partial charge in [0.1, 0.15) is 6.04 Å². The van der Waals surface area contributed by atoms with E-state index in [4.69, 9.17) is 5.11 Å². The van der Waals surface area contributed by atoms with E-state index in [0.717, 1.165) is 16.8 Å². The highest BCUT2D eigenvalue weighted by Crippen LogP contribution is 2.17. The first-order chi connectivity index (χ1) is 8.41. The van der Waals surface area contributed by atoms with E-state index in [2.05, 4.69) is 10.6 Å². The summed E-state index contributed by atoms with van der Waals surface area (Å²) in [5, 5.41) is 14.0. The molecule has 0 spiro atoms. The van der Waals surface area contributed by atoms with Gasteiger partial charge in [-0.1, -0.05) is 12.1 Å². The molecule has 1 aromatic rings. The van der Waals surface area contributed by atoms with Gasteiger partial charge in [0, 0.05) is 5.69 Å². The van der Waals surface area contributed by atoms with Crippen molar-refractivity contribution in [3.05, 3.63) is 29.3 Å². The van der Waals surface area contributed by atoms with E-state index in [0.29, 0.717) is 0 Å². The molecule has 0 saturated carbocycles. The first kappa shape index (κ1) is 14.2. The van der Waals surface area contributed by atoms with E-state index in [9.17, 15) is 9.59 Å². The number of aryl methyl sites for hydroxylation is 1. The molecule has 0 fully saturated rings. The molecule has 1 amide bonds. The molecule has 1 unspecified atom stereocenters. The average molecular weight is 250 g/mol. The van der Waals surface area contributed by atoms with Gasteiger partial charge in [-0.2, -0.15) is 0 Å². The van der Waals surface area contributed by atoms with Crippen LogP contribution in [-0.2, 0) is 9.59 Å². The number of hydrogen-bond donors (Lipinski definition) is 3. The third-order valence-electron chi connectivity index (χ3n) is 2.82. The Kier molecular flexibility index (Phi) is 4.85. The van der Waals surface area contributed by atoms with Crippen molar-refractivity contribution in [3.8, 4) is 0 Å². The zero-order valence-corrected chi connectivity index (χ0v) is 10.8. The first-order valence-corrected chi connectivity index (χ1v) is 5.74. The predicted molar refractivity (Wildman–Crippen MR) is 69.6 cm³/mol. The average Bonchev–Trinajstić information content (AvgIpc) is 2.32. The van der Waals surface area contributed by atoms with Crippen LogP contribution in [0.1, 0.15) is 18.1 Å². The molecule has 1 rings (SSSR count). The Hall–Kier alpha value is -1.88. The minimum Gasteiger partial charge on any atom is -0.480 e. The van der Waals surface area contributed by atoms with Gasteiger partial charge in [-0.3, -0.25) is 14.9 Å². The molecule has 0 saturated heterocycles. The van der Waals surface area contributed by atoms with Gasteiger partial charge >= 0.3 is 5.97 Å². The zero-order valence-electron chi connectivity index (χ0n) is 10.8. The van der Waals surface area contributed by atoms with Crippen LogP contribution in [0.25, 0.3) is 0 Å². The van der Waals surface area contributed by atoms with Crippen LogP contribution in [-0.4, -0.2) is 29.6 Å². The number of nitrogens with one attached hydrogen (secondary N) is 2. The van der Waals surface area contributed by atoms with E-state index < -0.39 is 12.0 Å². The molecule has 0 aliphatic carbocycles. The Balaban J connectivity index is 2.55. The van der Waals surface area contributed by atoms with Gasteiger partial charge in [0.05, 0.1) is 6.54 Å². The number of benzene rings is 1. The Morgan fingerprint density at radius 3 is 2.61 bits per heavy atom. The van der Waals surface area contributed by atoms with Crippen LogP contribution in [0, 0.1) is 13.8 Å². The summed E-state index contributed by atoms with van der Waals surface area (Å²) < 4.78 is 0. The summed E-state index contributed by atoms with van der Waals surface area (Å²) >= 11 is 0. The Morgan fingerprint density at radius 2 is 2.00 bits per heavy atom. The molecular formula is C13H18N2O3. The molecule has 1 aromatic carbocycles. The number of hydrogen-bond acceptors (Lipinski definition) is 3. The van der Waals surface area contributed by atoms with Crippen LogP contribution < -0.4 is 10.6 Å². The maximum absolute atomic E-state index is 11.6. The number of rotatable bonds is 5. The molecular weight excluding hydrogens is 232 g/mol. The Morgan fingerprint density at radius 1 is 1.33 bits per heavy atom. The zero-order chi connectivity index (χ0) is 13.7. The number of carbonyl (C=O) groups is 2. The van der Waals surface area contributed by atoms with Crippen molar-refractivity contribution in [2.45, 2.75) is 26.8 Å². The molecule has 5 heteroatoms. The van der Waals surface area contributed by atoms with Crippen molar-refractivity contribution in [1.82, 2.24) is 5.32 Å². The standard InChI is InChI=1S/C13H18N2O3/c1-8-5-4-6-11(9(8)2)15-12(16)7-14-10(3)13(17)18/h4-6,10,14H,7H2,1-3H3,(H,15,16)(H,17,18). The van der Waals surface area contributed by atoms with Gasteiger partial charge in [0.15, 0.2) is 0 Å². The maximum atomic E-state index is 11.6. The van der Waals surface area contributed by atoms with Crippen molar-refractivity contribution >= 4 is 17.6 Å². The Labute approximate surface area is 106 Å². The summed E-state index contributed by atoms with van der Waals surface area (Å²) in [4.78, 5) is 22.2. The fraction of sp³-hybridized carbons (Fsp3) is 0.385. The minimum atomic E-state index is -0.977. The van der Waals surface area contributed by atoms with Crippen molar-refractivity contribution in [1.29, 1.82) is 0 Å².